The number of hydrogen-bond donors (Lipinski definition) is 0. The molecular weight excluding hydrogens is 340 g/mol. The van der Waals surface area contributed by atoms with E-state index < -0.39 is 0 Å². The summed E-state index contributed by atoms with van der Waals surface area (Å²) in [6, 6.07) is 10.4. The lowest BCUT2D eigenvalue weighted by molar-refractivity contribution is 0.101. The molecule has 4 rings (SSSR count). The third kappa shape index (κ3) is 3.73. The molecule has 2 aromatic carbocycles. The van der Waals surface area contributed by atoms with E-state index in [0.29, 0.717) is 6.10 Å². The maximum Gasteiger partial charge on any atom is 0.159 e. The van der Waals surface area contributed by atoms with Crippen LogP contribution in [0.2, 0.25) is 0 Å². The van der Waals surface area contributed by atoms with E-state index in [0.717, 1.165) is 16.7 Å². The number of rotatable bonds is 4. The molecule has 0 aromatic heterocycles. The summed E-state index contributed by atoms with van der Waals surface area (Å²) in [6.45, 7) is 1.64. The summed E-state index contributed by atoms with van der Waals surface area (Å²) in [6.07, 6.45) is 10.4. The van der Waals surface area contributed by atoms with Gasteiger partial charge in [0.2, 0.25) is 0 Å². The fourth-order valence-corrected chi connectivity index (χ4v) is 6.45. The van der Waals surface area contributed by atoms with Crippen LogP contribution < -0.4 is 4.74 Å². The Morgan fingerprint density at radius 2 is 1.85 bits per heavy atom. The largest absolute Gasteiger partial charge is 0.489 e. The Labute approximate surface area is 158 Å². The van der Waals surface area contributed by atoms with Crippen molar-refractivity contribution in [1.29, 1.82) is 0 Å². The minimum Gasteiger partial charge on any atom is -0.489 e. The molecule has 0 N–H and O–H groups in total. The zero-order valence-electron chi connectivity index (χ0n) is 15.6. The van der Waals surface area contributed by atoms with Gasteiger partial charge in [-0.05, 0) is 74.1 Å². The van der Waals surface area contributed by atoms with Crippen LogP contribution in [-0.2, 0) is 0 Å². The lowest BCUT2D eigenvalue weighted by Crippen LogP contribution is -2.15. The normalized spacial score (nSPS) is 21.3. The highest BCUT2D eigenvalue weighted by molar-refractivity contribution is 8.15. The Kier molecular flexibility index (Phi) is 5.44. The lowest BCUT2D eigenvalue weighted by Gasteiger charge is -2.22. The van der Waals surface area contributed by atoms with E-state index >= 15 is 0 Å². The van der Waals surface area contributed by atoms with Gasteiger partial charge in [0.15, 0.2) is 5.78 Å². The zero-order valence-corrected chi connectivity index (χ0v) is 16.4. The fourth-order valence-electron chi connectivity index (χ4n) is 4.14. The third-order valence-electron chi connectivity index (χ3n) is 5.59. The number of ether oxygens (including phenoxy) is 1. The molecule has 0 spiro atoms. The second kappa shape index (κ2) is 7.96. The molecule has 0 bridgehead atoms. The smallest absolute Gasteiger partial charge is 0.159 e. The topological polar surface area (TPSA) is 26.3 Å². The molecule has 1 fully saturated rings. The van der Waals surface area contributed by atoms with Crippen molar-refractivity contribution in [3.63, 3.8) is 0 Å². The van der Waals surface area contributed by atoms with Crippen LogP contribution in [0.15, 0.2) is 35.2 Å². The summed E-state index contributed by atoms with van der Waals surface area (Å²) in [5.74, 6) is 2.44. The zero-order chi connectivity index (χ0) is 17.9. The molecule has 1 heterocycles. The van der Waals surface area contributed by atoms with E-state index in [9.17, 15) is 4.79 Å². The molecule has 3 heteroatoms. The quantitative estimate of drug-likeness (QED) is 0.356. The number of hydrogen-bond acceptors (Lipinski definition) is 2. The van der Waals surface area contributed by atoms with Crippen LogP contribution in [0.1, 0.15) is 68.6 Å². The number of carbonyl (C=O) groups is 1. The summed E-state index contributed by atoms with van der Waals surface area (Å²) < 4.78 is 6.58. The first kappa shape index (κ1) is 17.8. The van der Waals surface area contributed by atoms with Gasteiger partial charge in [-0.3, -0.25) is 4.79 Å². The van der Waals surface area contributed by atoms with Gasteiger partial charge in [0.1, 0.15) is 5.75 Å². The minimum atomic E-state index is 0.127. The number of carbonyl (C=O) groups excluding carboxylic acids is 1. The van der Waals surface area contributed by atoms with Crippen molar-refractivity contribution in [2.45, 2.75) is 69.3 Å². The highest BCUT2D eigenvalue weighted by atomic mass is 32.2. The second-order valence-corrected chi connectivity index (χ2v) is 9.57. The number of benzene rings is 2. The van der Waals surface area contributed by atoms with E-state index in [1.807, 2.05) is 12.1 Å². The van der Waals surface area contributed by atoms with E-state index in [2.05, 4.69) is 23.6 Å². The van der Waals surface area contributed by atoms with Crippen molar-refractivity contribution >= 4 is 32.4 Å². The lowest BCUT2D eigenvalue weighted by atomic mass is 10.0. The summed E-state index contributed by atoms with van der Waals surface area (Å²) in [5.41, 5.74) is 0.791. The van der Waals surface area contributed by atoms with Crippen LogP contribution in [0.3, 0.4) is 0 Å². The van der Waals surface area contributed by atoms with Crippen molar-refractivity contribution in [2.75, 3.05) is 5.75 Å². The molecule has 0 saturated heterocycles. The first-order valence-corrected chi connectivity index (χ1v) is 11.5. The highest BCUT2D eigenvalue weighted by Crippen LogP contribution is 2.44. The van der Waals surface area contributed by atoms with E-state index in [4.69, 9.17) is 4.74 Å². The van der Waals surface area contributed by atoms with Crippen LogP contribution in [0.4, 0.5) is 0 Å². The van der Waals surface area contributed by atoms with Gasteiger partial charge >= 0.3 is 0 Å². The van der Waals surface area contributed by atoms with Crippen LogP contribution in [-0.4, -0.2) is 23.0 Å². The average Bonchev–Trinajstić information content (AvgIpc) is 3.05. The second-order valence-electron chi connectivity index (χ2n) is 7.56. The first-order chi connectivity index (χ1) is 12.7. The van der Waals surface area contributed by atoms with Crippen LogP contribution in [0.5, 0.6) is 5.75 Å². The molecule has 2 aliphatic rings. The molecule has 2 aromatic rings. The molecule has 1 atom stereocenters. The van der Waals surface area contributed by atoms with Crippen molar-refractivity contribution in [2.24, 2.45) is 0 Å². The van der Waals surface area contributed by atoms with Gasteiger partial charge in [-0.15, -0.1) is 0 Å². The Bertz CT molecular complexity index is 845. The minimum absolute atomic E-state index is 0.127. The van der Waals surface area contributed by atoms with E-state index in [1.165, 1.54) is 67.4 Å². The van der Waals surface area contributed by atoms with Gasteiger partial charge in [-0.25, -0.2) is 0 Å². The fraction of sp³-hybridized carbons (Fsp3) is 0.478. The average molecular weight is 369 g/mol. The van der Waals surface area contributed by atoms with Crippen LogP contribution in [0, 0.1) is 0 Å². The Hall–Kier alpha value is -1.61. The Morgan fingerprint density at radius 1 is 1.04 bits per heavy atom. The molecule has 1 aliphatic heterocycles. The Balaban J connectivity index is 1.77. The summed E-state index contributed by atoms with van der Waals surface area (Å²) >= 11 is 0. The molecular formula is C23H28O2S. The van der Waals surface area contributed by atoms with E-state index in [1.54, 1.807) is 6.92 Å². The summed E-state index contributed by atoms with van der Waals surface area (Å²) in [5, 5.41) is 4.91. The third-order valence-corrected chi connectivity index (χ3v) is 7.90. The predicted octanol–water partition coefficient (Wildman–Crippen LogP) is 6.37. The monoisotopic (exact) mass is 368 g/mol. The van der Waals surface area contributed by atoms with Gasteiger partial charge < -0.3 is 4.74 Å². The number of ketones is 1. The molecule has 26 heavy (non-hydrogen) atoms. The van der Waals surface area contributed by atoms with Crippen molar-refractivity contribution < 1.29 is 9.53 Å². The van der Waals surface area contributed by atoms with Crippen molar-refractivity contribution in [3.8, 4) is 5.75 Å². The van der Waals surface area contributed by atoms with Crippen LogP contribution in [0.25, 0.3) is 10.8 Å². The molecule has 1 saturated carbocycles. The SMILES string of the molecule is CC(=O)c1ccc2c(S3=CCCC3)c(OC3CCCCCC3)ccc2c1. The standard InChI is InChI=1S/C23H28O2S/c1-17(24)18-10-12-21-19(16-18)11-13-22(23(21)26-14-6-7-15-26)25-20-8-4-2-3-5-9-20/h10-14,16,20H,2-9,15H2,1H3. The molecule has 1 unspecified atom stereocenters. The van der Waals surface area contributed by atoms with Gasteiger partial charge in [0, 0.05) is 5.56 Å². The molecule has 0 amide bonds. The number of Topliss-reactive ketones (excluding diaryl/α,β-unsaturated/α-hetero) is 1. The van der Waals surface area contributed by atoms with Crippen molar-refractivity contribution in [1.82, 2.24) is 0 Å². The molecule has 2 nitrogen and oxygen atoms in total. The molecule has 1 aliphatic carbocycles. The first-order valence-electron chi connectivity index (χ1n) is 10.00. The van der Waals surface area contributed by atoms with Gasteiger partial charge in [-0.1, -0.05) is 36.4 Å². The summed E-state index contributed by atoms with van der Waals surface area (Å²) in [7, 11) is 0.162. The summed E-state index contributed by atoms with van der Waals surface area (Å²) in [4.78, 5) is 13.1. The van der Waals surface area contributed by atoms with Crippen molar-refractivity contribution in [3.05, 3.63) is 35.9 Å². The van der Waals surface area contributed by atoms with Gasteiger partial charge in [0.25, 0.3) is 0 Å². The molecule has 0 radical (unpaired) electrons. The Morgan fingerprint density at radius 3 is 2.54 bits per heavy atom. The predicted molar refractivity (Wildman–Crippen MR) is 112 cm³/mol. The molecule has 138 valence electrons. The maximum absolute atomic E-state index is 11.8. The van der Waals surface area contributed by atoms with Crippen LogP contribution >= 0.6 is 10.5 Å². The van der Waals surface area contributed by atoms with E-state index in [-0.39, 0.29) is 16.3 Å². The van der Waals surface area contributed by atoms with Gasteiger partial charge in [-0.2, -0.15) is 10.5 Å². The van der Waals surface area contributed by atoms with Gasteiger partial charge in [0.05, 0.1) is 11.0 Å². The number of fused-ring (bicyclic) bond motifs is 1. The maximum atomic E-state index is 11.8. The highest BCUT2D eigenvalue weighted by Gasteiger charge is 2.20.